The Kier molecular flexibility index (Phi) is 5.61. The first-order valence-corrected chi connectivity index (χ1v) is 7.16. The van der Waals surface area contributed by atoms with Crippen molar-refractivity contribution in [1.82, 2.24) is 15.3 Å². The van der Waals surface area contributed by atoms with Crippen LogP contribution >= 0.6 is 15.9 Å². The monoisotopic (exact) mass is 337 g/mol. The van der Waals surface area contributed by atoms with Crippen LogP contribution in [-0.4, -0.2) is 22.5 Å². The average molecular weight is 338 g/mol. The lowest BCUT2D eigenvalue weighted by atomic mass is 10.3. The predicted molar refractivity (Wildman–Crippen MR) is 79.3 cm³/mol. The number of benzene rings is 1. The first kappa shape index (κ1) is 14.6. The SMILES string of the molecule is O=C(CCCOc1ccc(Br)cc1)NCc1ncc[nH]1. The highest BCUT2D eigenvalue weighted by Crippen LogP contribution is 2.16. The number of nitrogens with one attached hydrogen (secondary N) is 2. The molecule has 20 heavy (non-hydrogen) atoms. The Labute approximate surface area is 125 Å². The molecule has 0 aliphatic rings. The number of rotatable bonds is 7. The number of H-pyrrole nitrogens is 1. The van der Waals surface area contributed by atoms with Crippen molar-refractivity contribution in [3.63, 3.8) is 0 Å². The largest absolute Gasteiger partial charge is 0.494 e. The molecule has 0 spiro atoms. The average Bonchev–Trinajstić information content (AvgIpc) is 2.96. The lowest BCUT2D eigenvalue weighted by Crippen LogP contribution is -2.23. The Morgan fingerprint density at radius 1 is 1.35 bits per heavy atom. The van der Waals surface area contributed by atoms with Crippen molar-refractivity contribution in [1.29, 1.82) is 0 Å². The third-order valence-electron chi connectivity index (χ3n) is 2.64. The minimum absolute atomic E-state index is 0.000746. The Hall–Kier alpha value is -1.82. The van der Waals surface area contributed by atoms with Crippen LogP contribution in [0.1, 0.15) is 18.7 Å². The summed E-state index contributed by atoms with van der Waals surface area (Å²) >= 11 is 3.36. The third kappa shape index (κ3) is 5.05. The Morgan fingerprint density at radius 3 is 2.85 bits per heavy atom. The van der Waals surface area contributed by atoms with Gasteiger partial charge < -0.3 is 15.0 Å². The van der Waals surface area contributed by atoms with Crippen LogP contribution in [0.4, 0.5) is 0 Å². The Balaban J connectivity index is 1.58. The number of nitrogens with zero attached hydrogens (tertiary/aromatic N) is 1. The lowest BCUT2D eigenvalue weighted by Gasteiger charge is -2.06. The number of aromatic amines is 1. The van der Waals surface area contributed by atoms with E-state index in [1.165, 1.54) is 0 Å². The number of carbonyl (C=O) groups is 1. The third-order valence-corrected chi connectivity index (χ3v) is 3.17. The van der Waals surface area contributed by atoms with Gasteiger partial charge in [0.05, 0.1) is 13.2 Å². The van der Waals surface area contributed by atoms with Crippen LogP contribution in [0.2, 0.25) is 0 Å². The van der Waals surface area contributed by atoms with Crippen LogP contribution in [0.15, 0.2) is 41.1 Å². The molecule has 0 saturated heterocycles. The molecule has 1 aromatic carbocycles. The summed E-state index contributed by atoms with van der Waals surface area (Å²) in [5, 5.41) is 2.80. The van der Waals surface area contributed by atoms with Crippen molar-refractivity contribution < 1.29 is 9.53 Å². The fourth-order valence-electron chi connectivity index (χ4n) is 1.62. The predicted octanol–water partition coefficient (Wildman–Crippen LogP) is 2.65. The van der Waals surface area contributed by atoms with Gasteiger partial charge in [0.25, 0.3) is 0 Å². The van der Waals surface area contributed by atoms with Gasteiger partial charge in [-0.05, 0) is 30.7 Å². The molecule has 1 amide bonds. The van der Waals surface area contributed by atoms with Gasteiger partial charge in [0.2, 0.25) is 5.91 Å². The first-order chi connectivity index (χ1) is 9.74. The molecule has 2 N–H and O–H groups in total. The second-order valence-corrected chi connectivity index (χ2v) is 5.13. The maximum Gasteiger partial charge on any atom is 0.220 e. The van der Waals surface area contributed by atoms with Crippen LogP contribution in [0, 0.1) is 0 Å². The van der Waals surface area contributed by atoms with E-state index < -0.39 is 0 Å². The number of hydrogen-bond acceptors (Lipinski definition) is 3. The molecule has 1 heterocycles. The maximum atomic E-state index is 11.6. The summed E-state index contributed by atoms with van der Waals surface area (Å²) in [6.45, 7) is 0.954. The number of ether oxygens (including phenoxy) is 1. The van der Waals surface area contributed by atoms with E-state index in [0.717, 1.165) is 16.0 Å². The molecule has 0 saturated carbocycles. The molecule has 1 aromatic heterocycles. The number of aromatic nitrogens is 2. The quantitative estimate of drug-likeness (QED) is 0.763. The van der Waals surface area contributed by atoms with Gasteiger partial charge in [-0.25, -0.2) is 4.98 Å². The molecule has 0 aliphatic heterocycles. The Bertz CT molecular complexity index is 526. The second-order valence-electron chi connectivity index (χ2n) is 4.22. The van der Waals surface area contributed by atoms with E-state index in [0.29, 0.717) is 26.0 Å². The van der Waals surface area contributed by atoms with Crippen molar-refractivity contribution in [3.05, 3.63) is 47.0 Å². The van der Waals surface area contributed by atoms with Crippen molar-refractivity contribution >= 4 is 21.8 Å². The van der Waals surface area contributed by atoms with Crippen LogP contribution < -0.4 is 10.1 Å². The summed E-state index contributed by atoms with van der Waals surface area (Å²) in [4.78, 5) is 18.5. The van der Waals surface area contributed by atoms with E-state index in [4.69, 9.17) is 4.74 Å². The van der Waals surface area contributed by atoms with Crippen molar-refractivity contribution in [2.75, 3.05) is 6.61 Å². The molecule has 0 radical (unpaired) electrons. The molecule has 0 bridgehead atoms. The fourth-order valence-corrected chi connectivity index (χ4v) is 1.88. The van der Waals surface area contributed by atoms with E-state index in [2.05, 4.69) is 31.2 Å². The van der Waals surface area contributed by atoms with Gasteiger partial charge in [-0.1, -0.05) is 15.9 Å². The number of carbonyl (C=O) groups excluding carboxylic acids is 1. The molecule has 0 atom stereocenters. The van der Waals surface area contributed by atoms with Crippen LogP contribution in [-0.2, 0) is 11.3 Å². The molecule has 106 valence electrons. The Morgan fingerprint density at radius 2 is 2.15 bits per heavy atom. The van der Waals surface area contributed by atoms with E-state index >= 15 is 0 Å². The minimum Gasteiger partial charge on any atom is -0.494 e. The summed E-state index contributed by atoms with van der Waals surface area (Å²) in [6, 6.07) is 7.62. The zero-order valence-corrected chi connectivity index (χ0v) is 12.5. The number of imidazole rings is 1. The standard InChI is InChI=1S/C14H16BrN3O2/c15-11-3-5-12(6-4-11)20-9-1-2-14(19)18-10-13-16-7-8-17-13/h3-8H,1-2,9-10H2,(H,16,17)(H,18,19). The normalized spacial score (nSPS) is 10.2. The van der Waals surface area contributed by atoms with Gasteiger partial charge in [0.1, 0.15) is 11.6 Å². The zero-order chi connectivity index (χ0) is 14.2. The van der Waals surface area contributed by atoms with Gasteiger partial charge in [-0.3, -0.25) is 4.79 Å². The molecule has 0 unspecified atom stereocenters. The van der Waals surface area contributed by atoms with Gasteiger partial charge in [-0.15, -0.1) is 0 Å². The topological polar surface area (TPSA) is 67.0 Å². The van der Waals surface area contributed by atoms with Crippen LogP contribution in [0.25, 0.3) is 0 Å². The molecule has 2 aromatic rings. The van der Waals surface area contributed by atoms with Gasteiger partial charge in [0.15, 0.2) is 0 Å². The van der Waals surface area contributed by atoms with Crippen molar-refractivity contribution in [3.8, 4) is 5.75 Å². The van der Waals surface area contributed by atoms with Crippen LogP contribution in [0.3, 0.4) is 0 Å². The summed E-state index contributed by atoms with van der Waals surface area (Å²) in [5.74, 6) is 1.56. The van der Waals surface area contributed by atoms with E-state index in [9.17, 15) is 4.79 Å². The molecular weight excluding hydrogens is 322 g/mol. The highest BCUT2D eigenvalue weighted by molar-refractivity contribution is 9.10. The summed E-state index contributed by atoms with van der Waals surface area (Å²) in [6.07, 6.45) is 4.51. The molecule has 5 nitrogen and oxygen atoms in total. The van der Waals surface area contributed by atoms with E-state index in [-0.39, 0.29) is 5.91 Å². The smallest absolute Gasteiger partial charge is 0.220 e. The summed E-state index contributed by atoms with van der Waals surface area (Å²) < 4.78 is 6.56. The van der Waals surface area contributed by atoms with Gasteiger partial charge in [0, 0.05) is 23.3 Å². The molecular formula is C14H16BrN3O2. The first-order valence-electron chi connectivity index (χ1n) is 6.37. The second kappa shape index (κ2) is 7.69. The van der Waals surface area contributed by atoms with E-state index in [1.807, 2.05) is 24.3 Å². The molecule has 0 aliphatic carbocycles. The number of amides is 1. The highest BCUT2D eigenvalue weighted by atomic mass is 79.9. The molecule has 0 fully saturated rings. The zero-order valence-electron chi connectivity index (χ0n) is 10.9. The van der Waals surface area contributed by atoms with Crippen molar-refractivity contribution in [2.24, 2.45) is 0 Å². The fraction of sp³-hybridized carbons (Fsp3) is 0.286. The summed E-state index contributed by atoms with van der Waals surface area (Å²) in [5.41, 5.74) is 0. The highest BCUT2D eigenvalue weighted by Gasteiger charge is 2.02. The lowest BCUT2D eigenvalue weighted by molar-refractivity contribution is -0.121. The number of halogens is 1. The van der Waals surface area contributed by atoms with Gasteiger partial charge >= 0.3 is 0 Å². The minimum atomic E-state index is 0.000746. The van der Waals surface area contributed by atoms with Crippen molar-refractivity contribution in [2.45, 2.75) is 19.4 Å². The molecule has 6 heteroatoms. The van der Waals surface area contributed by atoms with Crippen LogP contribution in [0.5, 0.6) is 5.75 Å². The maximum absolute atomic E-state index is 11.6. The summed E-state index contributed by atoms with van der Waals surface area (Å²) in [7, 11) is 0. The molecule has 2 rings (SSSR count). The number of hydrogen-bond donors (Lipinski definition) is 2. The van der Waals surface area contributed by atoms with E-state index in [1.54, 1.807) is 12.4 Å². The van der Waals surface area contributed by atoms with Gasteiger partial charge in [-0.2, -0.15) is 0 Å².